The average molecular weight is 178 g/mol. The Hall–Kier alpha value is -0.160. The van der Waals surface area contributed by atoms with E-state index in [2.05, 4.69) is 0 Å². The molecular formula is C8H18O4. The highest BCUT2D eigenvalue weighted by atomic mass is 16.5. The lowest BCUT2D eigenvalue weighted by atomic mass is 10.00. The number of aliphatic hydroxyl groups is 3. The molecule has 0 heterocycles. The van der Waals surface area contributed by atoms with Gasteiger partial charge in [0.1, 0.15) is 5.60 Å². The van der Waals surface area contributed by atoms with E-state index in [1.165, 1.54) is 0 Å². The molecule has 0 spiro atoms. The van der Waals surface area contributed by atoms with Crippen LogP contribution < -0.4 is 0 Å². The van der Waals surface area contributed by atoms with Crippen LogP contribution in [0, 0.1) is 0 Å². The van der Waals surface area contributed by atoms with E-state index < -0.39 is 5.60 Å². The molecule has 0 saturated carbocycles. The first-order valence-corrected chi connectivity index (χ1v) is 4.21. The first-order valence-electron chi connectivity index (χ1n) is 4.21. The van der Waals surface area contributed by atoms with Crippen molar-refractivity contribution in [2.75, 3.05) is 26.4 Å². The van der Waals surface area contributed by atoms with Crippen molar-refractivity contribution in [3.63, 3.8) is 0 Å². The van der Waals surface area contributed by atoms with Gasteiger partial charge in [-0.05, 0) is 19.8 Å². The van der Waals surface area contributed by atoms with Crippen molar-refractivity contribution >= 4 is 0 Å². The summed E-state index contributed by atoms with van der Waals surface area (Å²) in [6.07, 6.45) is 1.01. The fraction of sp³-hybridized carbons (Fsp3) is 1.00. The van der Waals surface area contributed by atoms with Gasteiger partial charge in [0.15, 0.2) is 0 Å². The maximum atomic E-state index is 8.97. The Labute approximate surface area is 72.8 Å². The first-order chi connectivity index (χ1) is 5.74. The van der Waals surface area contributed by atoms with E-state index in [0.717, 1.165) is 0 Å². The molecule has 0 amide bonds. The standard InChI is InChI=1S/C8H18O4/c1-2-12-8(6-10,7-11)4-3-5-9/h9-11H,2-7H2,1H3. The summed E-state index contributed by atoms with van der Waals surface area (Å²) in [4.78, 5) is 0. The number of aliphatic hydroxyl groups excluding tert-OH is 3. The number of hydrogen-bond donors (Lipinski definition) is 3. The van der Waals surface area contributed by atoms with Crippen LogP contribution >= 0.6 is 0 Å². The molecule has 0 fully saturated rings. The zero-order chi connectivity index (χ0) is 9.45. The van der Waals surface area contributed by atoms with Crippen molar-refractivity contribution in [1.29, 1.82) is 0 Å². The van der Waals surface area contributed by atoms with Gasteiger partial charge >= 0.3 is 0 Å². The zero-order valence-corrected chi connectivity index (χ0v) is 7.49. The summed E-state index contributed by atoms with van der Waals surface area (Å²) >= 11 is 0. The Bertz CT molecular complexity index is 101. The van der Waals surface area contributed by atoms with Crippen LogP contribution in [0.1, 0.15) is 19.8 Å². The van der Waals surface area contributed by atoms with Gasteiger partial charge in [-0.25, -0.2) is 0 Å². The van der Waals surface area contributed by atoms with Crippen LogP contribution in [0.2, 0.25) is 0 Å². The van der Waals surface area contributed by atoms with Crippen molar-refractivity contribution in [1.82, 2.24) is 0 Å². The van der Waals surface area contributed by atoms with E-state index in [0.29, 0.717) is 19.4 Å². The minimum atomic E-state index is -0.864. The van der Waals surface area contributed by atoms with Gasteiger partial charge in [-0.15, -0.1) is 0 Å². The quantitative estimate of drug-likeness (QED) is 0.492. The minimum Gasteiger partial charge on any atom is -0.396 e. The van der Waals surface area contributed by atoms with Crippen LogP contribution in [-0.2, 0) is 4.74 Å². The van der Waals surface area contributed by atoms with E-state index in [-0.39, 0.29) is 19.8 Å². The lowest BCUT2D eigenvalue weighted by Gasteiger charge is -2.29. The zero-order valence-electron chi connectivity index (χ0n) is 7.49. The summed E-state index contributed by atoms with van der Waals surface area (Å²) in [5.41, 5.74) is -0.864. The molecule has 0 atom stereocenters. The highest BCUT2D eigenvalue weighted by Gasteiger charge is 2.28. The predicted molar refractivity (Wildman–Crippen MR) is 44.8 cm³/mol. The van der Waals surface area contributed by atoms with Crippen LogP contribution in [0.25, 0.3) is 0 Å². The van der Waals surface area contributed by atoms with E-state index in [1.54, 1.807) is 6.92 Å². The van der Waals surface area contributed by atoms with Crippen LogP contribution in [0.15, 0.2) is 0 Å². The summed E-state index contributed by atoms with van der Waals surface area (Å²) in [5, 5.41) is 26.5. The maximum absolute atomic E-state index is 8.97. The molecule has 0 saturated heterocycles. The molecule has 0 unspecified atom stereocenters. The van der Waals surface area contributed by atoms with Gasteiger partial charge in [0, 0.05) is 13.2 Å². The van der Waals surface area contributed by atoms with Crippen LogP contribution in [-0.4, -0.2) is 47.3 Å². The molecule has 74 valence electrons. The second-order valence-corrected chi connectivity index (χ2v) is 2.76. The topological polar surface area (TPSA) is 69.9 Å². The largest absolute Gasteiger partial charge is 0.396 e. The van der Waals surface area contributed by atoms with Gasteiger partial charge in [0.05, 0.1) is 13.2 Å². The Morgan fingerprint density at radius 3 is 2.08 bits per heavy atom. The van der Waals surface area contributed by atoms with Crippen LogP contribution in [0.3, 0.4) is 0 Å². The lowest BCUT2D eigenvalue weighted by Crippen LogP contribution is -2.41. The van der Waals surface area contributed by atoms with Crippen LogP contribution in [0.5, 0.6) is 0 Å². The van der Waals surface area contributed by atoms with Crippen LogP contribution in [0.4, 0.5) is 0 Å². The fourth-order valence-electron chi connectivity index (χ4n) is 1.08. The van der Waals surface area contributed by atoms with Crippen molar-refractivity contribution < 1.29 is 20.1 Å². The van der Waals surface area contributed by atoms with Gasteiger partial charge in [-0.2, -0.15) is 0 Å². The molecule has 4 heteroatoms. The fourth-order valence-corrected chi connectivity index (χ4v) is 1.08. The smallest absolute Gasteiger partial charge is 0.114 e. The maximum Gasteiger partial charge on any atom is 0.114 e. The predicted octanol–water partition coefficient (Wildman–Crippen LogP) is -0.481. The van der Waals surface area contributed by atoms with E-state index in [4.69, 9.17) is 20.1 Å². The van der Waals surface area contributed by atoms with Gasteiger partial charge in [0.2, 0.25) is 0 Å². The summed E-state index contributed by atoms with van der Waals surface area (Å²) in [7, 11) is 0. The monoisotopic (exact) mass is 178 g/mol. The molecule has 4 nitrogen and oxygen atoms in total. The molecule has 0 aromatic rings. The molecule has 0 aromatic carbocycles. The second-order valence-electron chi connectivity index (χ2n) is 2.76. The average Bonchev–Trinajstić information content (AvgIpc) is 2.13. The number of hydrogen-bond acceptors (Lipinski definition) is 4. The summed E-state index contributed by atoms with van der Waals surface area (Å²) < 4.78 is 5.22. The highest BCUT2D eigenvalue weighted by molar-refractivity contribution is 4.78. The molecule has 0 bridgehead atoms. The van der Waals surface area contributed by atoms with Gasteiger partial charge < -0.3 is 20.1 Å². The molecule has 0 aliphatic carbocycles. The number of ether oxygens (including phenoxy) is 1. The van der Waals surface area contributed by atoms with Gasteiger partial charge in [0.25, 0.3) is 0 Å². The Kier molecular flexibility index (Phi) is 6.28. The Morgan fingerprint density at radius 2 is 1.75 bits per heavy atom. The summed E-state index contributed by atoms with van der Waals surface area (Å²) in [6.45, 7) is 1.88. The SMILES string of the molecule is CCOC(CO)(CO)CCCO. The second kappa shape index (κ2) is 6.37. The van der Waals surface area contributed by atoms with E-state index in [1.807, 2.05) is 0 Å². The Balaban J connectivity index is 3.95. The molecule has 0 radical (unpaired) electrons. The third kappa shape index (κ3) is 3.49. The third-order valence-corrected chi connectivity index (χ3v) is 1.82. The number of rotatable bonds is 7. The van der Waals surface area contributed by atoms with Crippen molar-refractivity contribution in [3.8, 4) is 0 Å². The van der Waals surface area contributed by atoms with E-state index in [9.17, 15) is 0 Å². The molecule has 0 aliphatic rings. The third-order valence-electron chi connectivity index (χ3n) is 1.82. The van der Waals surface area contributed by atoms with Gasteiger partial charge in [-0.1, -0.05) is 0 Å². The molecule has 12 heavy (non-hydrogen) atoms. The first kappa shape index (κ1) is 11.8. The summed E-state index contributed by atoms with van der Waals surface area (Å²) in [6, 6.07) is 0. The normalized spacial score (nSPS) is 12.0. The molecule has 3 N–H and O–H groups in total. The molecule has 0 rings (SSSR count). The van der Waals surface area contributed by atoms with Crippen molar-refractivity contribution in [2.24, 2.45) is 0 Å². The van der Waals surface area contributed by atoms with E-state index >= 15 is 0 Å². The van der Waals surface area contributed by atoms with Gasteiger partial charge in [-0.3, -0.25) is 0 Å². The molecular weight excluding hydrogens is 160 g/mol. The Morgan fingerprint density at radius 1 is 1.17 bits per heavy atom. The lowest BCUT2D eigenvalue weighted by molar-refractivity contribution is -0.111. The minimum absolute atomic E-state index is 0.0504. The van der Waals surface area contributed by atoms with Crippen molar-refractivity contribution in [2.45, 2.75) is 25.4 Å². The van der Waals surface area contributed by atoms with Crippen molar-refractivity contribution in [3.05, 3.63) is 0 Å². The molecule has 0 aliphatic heterocycles. The summed E-state index contributed by atoms with van der Waals surface area (Å²) in [5.74, 6) is 0. The highest BCUT2D eigenvalue weighted by Crippen LogP contribution is 2.16. The molecule has 0 aromatic heterocycles.